The highest BCUT2D eigenvalue weighted by Gasteiger charge is 2.35. The molecule has 0 bridgehead atoms. The standard InChI is InChI=1S/C33H33N3O3/c1-2-3-5-14-27-18-19-28(22-34-27)35-32(37)31-21-24-11-8-9-12-26(24)23-36(31)33(38)25-13-10-17-30(20-25)39-29-15-6-4-7-16-29/h4,6-13,15-20,22,31H,2-3,5,14,21,23H2,1H3,(H,35,37)/t31-/m0/s1. The van der Waals surface area contributed by atoms with Gasteiger partial charge in [0.05, 0.1) is 11.9 Å². The summed E-state index contributed by atoms with van der Waals surface area (Å²) in [5.41, 5.74) is 4.24. The van der Waals surface area contributed by atoms with Gasteiger partial charge >= 0.3 is 0 Å². The summed E-state index contributed by atoms with van der Waals surface area (Å²) < 4.78 is 5.95. The molecular formula is C33H33N3O3. The van der Waals surface area contributed by atoms with Crippen molar-refractivity contribution in [1.29, 1.82) is 0 Å². The fraction of sp³-hybridized carbons (Fsp3) is 0.242. The lowest BCUT2D eigenvalue weighted by Gasteiger charge is -2.36. The number of aromatic nitrogens is 1. The lowest BCUT2D eigenvalue weighted by Crippen LogP contribution is -2.50. The molecule has 1 aromatic heterocycles. The number of anilines is 1. The van der Waals surface area contributed by atoms with E-state index in [-0.39, 0.29) is 11.8 Å². The van der Waals surface area contributed by atoms with Crippen molar-refractivity contribution < 1.29 is 14.3 Å². The number of para-hydroxylation sites is 1. The summed E-state index contributed by atoms with van der Waals surface area (Å²) in [7, 11) is 0. The molecule has 3 aromatic carbocycles. The van der Waals surface area contributed by atoms with Crippen LogP contribution in [0, 0.1) is 0 Å². The Labute approximate surface area is 229 Å². The zero-order valence-corrected chi connectivity index (χ0v) is 22.2. The maximum absolute atomic E-state index is 13.8. The predicted molar refractivity (Wildman–Crippen MR) is 153 cm³/mol. The second-order valence-corrected chi connectivity index (χ2v) is 9.85. The van der Waals surface area contributed by atoms with Crippen LogP contribution in [-0.2, 0) is 24.2 Å². The summed E-state index contributed by atoms with van der Waals surface area (Å²) in [6.07, 6.45) is 6.51. The van der Waals surface area contributed by atoms with Gasteiger partial charge in [0, 0.05) is 24.2 Å². The number of aryl methyl sites for hydroxylation is 1. The van der Waals surface area contributed by atoms with Gasteiger partial charge in [-0.1, -0.05) is 68.3 Å². The summed E-state index contributed by atoms with van der Waals surface area (Å²) in [4.78, 5) is 33.6. The first-order chi connectivity index (χ1) is 19.1. The maximum Gasteiger partial charge on any atom is 0.254 e. The first kappa shape index (κ1) is 26.2. The van der Waals surface area contributed by atoms with E-state index in [4.69, 9.17) is 4.74 Å². The van der Waals surface area contributed by atoms with Crippen molar-refractivity contribution in [2.75, 3.05) is 5.32 Å². The minimum atomic E-state index is -0.657. The number of carbonyl (C=O) groups is 2. The molecule has 0 fully saturated rings. The van der Waals surface area contributed by atoms with E-state index < -0.39 is 6.04 Å². The van der Waals surface area contributed by atoms with Crippen LogP contribution in [0.5, 0.6) is 11.5 Å². The average molecular weight is 520 g/mol. The largest absolute Gasteiger partial charge is 0.457 e. The van der Waals surface area contributed by atoms with E-state index in [2.05, 4.69) is 17.2 Å². The average Bonchev–Trinajstić information content (AvgIpc) is 2.98. The molecule has 6 heteroatoms. The number of rotatable bonds is 9. The number of benzene rings is 3. The maximum atomic E-state index is 13.8. The van der Waals surface area contributed by atoms with Crippen LogP contribution in [0.2, 0.25) is 0 Å². The van der Waals surface area contributed by atoms with E-state index in [0.29, 0.717) is 35.7 Å². The highest BCUT2D eigenvalue weighted by molar-refractivity contribution is 6.01. The molecule has 0 saturated carbocycles. The van der Waals surface area contributed by atoms with Gasteiger partial charge in [0.25, 0.3) is 5.91 Å². The lowest BCUT2D eigenvalue weighted by atomic mass is 9.92. The molecule has 1 N–H and O–H groups in total. The second-order valence-electron chi connectivity index (χ2n) is 9.85. The molecule has 198 valence electrons. The highest BCUT2D eigenvalue weighted by atomic mass is 16.5. The SMILES string of the molecule is CCCCCc1ccc(NC(=O)[C@@H]2Cc3ccccc3CN2C(=O)c2cccc(Oc3ccccc3)c2)cn1. The Morgan fingerprint density at radius 1 is 0.897 bits per heavy atom. The number of carbonyl (C=O) groups excluding carboxylic acids is 2. The van der Waals surface area contributed by atoms with E-state index in [1.165, 1.54) is 6.42 Å². The summed E-state index contributed by atoms with van der Waals surface area (Å²) >= 11 is 0. The lowest BCUT2D eigenvalue weighted by molar-refractivity contribution is -0.121. The third-order valence-corrected chi connectivity index (χ3v) is 7.00. The normalized spacial score (nSPS) is 14.4. The van der Waals surface area contributed by atoms with Crippen LogP contribution in [0.25, 0.3) is 0 Å². The number of pyridine rings is 1. The second kappa shape index (κ2) is 12.4. The minimum absolute atomic E-state index is 0.215. The molecule has 39 heavy (non-hydrogen) atoms. The fourth-order valence-corrected chi connectivity index (χ4v) is 4.88. The van der Waals surface area contributed by atoms with Crippen molar-refractivity contribution in [3.05, 3.63) is 120 Å². The Kier molecular flexibility index (Phi) is 8.32. The first-order valence-electron chi connectivity index (χ1n) is 13.6. The molecule has 0 saturated heterocycles. The van der Waals surface area contributed by atoms with E-state index in [1.54, 1.807) is 29.3 Å². The quantitative estimate of drug-likeness (QED) is 0.247. The number of amides is 2. The first-order valence-corrected chi connectivity index (χ1v) is 13.6. The number of ether oxygens (including phenoxy) is 1. The van der Waals surface area contributed by atoms with Crippen molar-refractivity contribution in [2.45, 2.75) is 51.6 Å². The Balaban J connectivity index is 1.35. The van der Waals surface area contributed by atoms with Gasteiger partial charge in [-0.15, -0.1) is 0 Å². The number of nitrogens with zero attached hydrogens (tertiary/aromatic N) is 2. The van der Waals surface area contributed by atoms with Gasteiger partial charge in [0.1, 0.15) is 17.5 Å². The Morgan fingerprint density at radius 2 is 1.67 bits per heavy atom. The van der Waals surface area contributed by atoms with Crippen LogP contribution in [0.15, 0.2) is 97.2 Å². The molecule has 5 rings (SSSR count). The molecule has 1 atom stereocenters. The van der Waals surface area contributed by atoms with Crippen LogP contribution in [-0.4, -0.2) is 27.7 Å². The molecule has 0 unspecified atom stereocenters. The molecule has 0 radical (unpaired) electrons. The third kappa shape index (κ3) is 6.52. The van der Waals surface area contributed by atoms with Crippen molar-refractivity contribution in [3.8, 4) is 11.5 Å². The van der Waals surface area contributed by atoms with Crippen molar-refractivity contribution in [2.24, 2.45) is 0 Å². The number of hydrogen-bond acceptors (Lipinski definition) is 4. The molecule has 2 amide bonds. The molecule has 2 heterocycles. The van der Waals surface area contributed by atoms with Gasteiger partial charge in [0.2, 0.25) is 5.91 Å². The van der Waals surface area contributed by atoms with Crippen molar-refractivity contribution in [3.63, 3.8) is 0 Å². The van der Waals surface area contributed by atoms with Gasteiger partial charge in [-0.25, -0.2) is 0 Å². The smallest absolute Gasteiger partial charge is 0.254 e. The molecular weight excluding hydrogens is 486 g/mol. The topological polar surface area (TPSA) is 71.5 Å². The number of unbranched alkanes of at least 4 members (excludes halogenated alkanes) is 2. The number of hydrogen-bond donors (Lipinski definition) is 1. The third-order valence-electron chi connectivity index (χ3n) is 7.00. The molecule has 0 aliphatic carbocycles. The number of fused-ring (bicyclic) bond motifs is 1. The summed E-state index contributed by atoms with van der Waals surface area (Å²) in [5.74, 6) is 0.814. The van der Waals surface area contributed by atoms with Crippen LogP contribution in [0.1, 0.15) is 53.4 Å². The summed E-state index contributed by atoms with van der Waals surface area (Å²) in [6.45, 7) is 2.53. The van der Waals surface area contributed by atoms with Gasteiger partial charge in [-0.3, -0.25) is 14.6 Å². The van der Waals surface area contributed by atoms with Crippen LogP contribution in [0.3, 0.4) is 0 Å². The Hall–Kier alpha value is -4.45. The highest BCUT2D eigenvalue weighted by Crippen LogP contribution is 2.28. The van der Waals surface area contributed by atoms with E-state index >= 15 is 0 Å². The molecule has 1 aliphatic rings. The zero-order chi connectivity index (χ0) is 27.0. The van der Waals surface area contributed by atoms with Crippen LogP contribution >= 0.6 is 0 Å². The molecule has 6 nitrogen and oxygen atoms in total. The van der Waals surface area contributed by atoms with Crippen molar-refractivity contribution >= 4 is 17.5 Å². The van der Waals surface area contributed by atoms with Gasteiger partial charge < -0.3 is 15.0 Å². The van der Waals surface area contributed by atoms with Gasteiger partial charge in [0.15, 0.2) is 0 Å². The van der Waals surface area contributed by atoms with Gasteiger partial charge in [-0.2, -0.15) is 0 Å². The van der Waals surface area contributed by atoms with Gasteiger partial charge in [-0.05, 0) is 66.4 Å². The Bertz CT molecular complexity index is 1420. The van der Waals surface area contributed by atoms with E-state index in [9.17, 15) is 9.59 Å². The van der Waals surface area contributed by atoms with Crippen LogP contribution < -0.4 is 10.1 Å². The fourth-order valence-electron chi connectivity index (χ4n) is 4.88. The monoisotopic (exact) mass is 519 g/mol. The van der Waals surface area contributed by atoms with E-state index in [0.717, 1.165) is 36.1 Å². The zero-order valence-electron chi connectivity index (χ0n) is 22.2. The molecule has 1 aliphatic heterocycles. The van der Waals surface area contributed by atoms with E-state index in [1.807, 2.05) is 72.8 Å². The Morgan fingerprint density at radius 3 is 2.44 bits per heavy atom. The van der Waals surface area contributed by atoms with Crippen molar-refractivity contribution in [1.82, 2.24) is 9.88 Å². The molecule has 4 aromatic rings. The predicted octanol–water partition coefficient (Wildman–Crippen LogP) is 6.81. The molecule has 0 spiro atoms. The summed E-state index contributed by atoms with van der Waals surface area (Å²) in [5, 5.41) is 3.00. The number of nitrogens with one attached hydrogen (secondary N) is 1. The summed E-state index contributed by atoms with van der Waals surface area (Å²) in [6, 6.07) is 27.7. The van der Waals surface area contributed by atoms with Crippen LogP contribution in [0.4, 0.5) is 5.69 Å². The minimum Gasteiger partial charge on any atom is -0.457 e.